The summed E-state index contributed by atoms with van der Waals surface area (Å²) >= 11 is 0. The smallest absolute Gasteiger partial charge is 0.305 e. The first-order chi connectivity index (χ1) is 19.9. The summed E-state index contributed by atoms with van der Waals surface area (Å²) in [6.07, 6.45) is 3.75. The Balaban J connectivity index is 1.42. The Kier molecular flexibility index (Phi) is 10.7. The number of ketones is 1. The van der Waals surface area contributed by atoms with Gasteiger partial charge in [0.25, 0.3) is 0 Å². The standard InChI is InChI=1S/C35H41NO5/c1-5-39-33(27-15-13-26(14-16-27)22-25(3)4)24-41-29-19-17-28(18-20-29)35(38)31-23-36(21-9-12-34(37)40-6-2)32-11-8-7-10-30(31)32/h7-8,10-11,13-20,23,25,33H,5-6,9,12,21-22,24H2,1-4H3/t33-/m0/s1. The van der Waals surface area contributed by atoms with Crippen molar-refractivity contribution in [1.29, 1.82) is 0 Å². The Hall–Kier alpha value is -3.90. The van der Waals surface area contributed by atoms with Gasteiger partial charge < -0.3 is 18.8 Å². The normalized spacial score (nSPS) is 12.0. The highest BCUT2D eigenvalue weighted by Gasteiger charge is 2.18. The fourth-order valence-corrected chi connectivity index (χ4v) is 5.05. The average Bonchev–Trinajstić information content (AvgIpc) is 3.34. The zero-order valence-corrected chi connectivity index (χ0v) is 24.6. The minimum absolute atomic E-state index is 0.0504. The van der Waals surface area contributed by atoms with Crippen LogP contribution < -0.4 is 4.74 Å². The van der Waals surface area contributed by atoms with E-state index < -0.39 is 0 Å². The van der Waals surface area contributed by atoms with Crippen molar-refractivity contribution in [3.63, 3.8) is 0 Å². The van der Waals surface area contributed by atoms with Gasteiger partial charge in [0, 0.05) is 47.8 Å². The summed E-state index contributed by atoms with van der Waals surface area (Å²) in [5, 5.41) is 0.896. The summed E-state index contributed by atoms with van der Waals surface area (Å²) in [6, 6.07) is 23.7. The third-order valence-corrected chi connectivity index (χ3v) is 7.00. The van der Waals surface area contributed by atoms with Crippen LogP contribution in [0.2, 0.25) is 0 Å². The zero-order valence-electron chi connectivity index (χ0n) is 24.6. The summed E-state index contributed by atoms with van der Waals surface area (Å²) < 4.78 is 19.2. The molecule has 0 fully saturated rings. The van der Waals surface area contributed by atoms with Crippen molar-refractivity contribution in [2.45, 2.75) is 59.6 Å². The number of hydrogen-bond donors (Lipinski definition) is 0. The number of carbonyl (C=O) groups is 2. The SMILES string of the molecule is CCOC(=O)CCCn1cc(C(=O)c2ccc(OC[C@H](OCC)c3ccc(CC(C)C)cc3)cc2)c2ccccc21. The Bertz CT molecular complexity index is 1420. The van der Waals surface area contributed by atoms with E-state index in [0.717, 1.165) is 22.9 Å². The molecule has 6 nitrogen and oxygen atoms in total. The van der Waals surface area contributed by atoms with Crippen LogP contribution in [0.1, 0.15) is 73.7 Å². The van der Waals surface area contributed by atoms with E-state index in [1.54, 1.807) is 19.1 Å². The second-order valence-corrected chi connectivity index (χ2v) is 10.6. The van der Waals surface area contributed by atoms with Crippen molar-refractivity contribution in [1.82, 2.24) is 4.57 Å². The average molecular weight is 556 g/mol. The van der Waals surface area contributed by atoms with Crippen LogP contribution in [0.5, 0.6) is 5.75 Å². The highest BCUT2D eigenvalue weighted by atomic mass is 16.5. The lowest BCUT2D eigenvalue weighted by Gasteiger charge is -2.19. The molecule has 4 rings (SSSR count). The van der Waals surface area contributed by atoms with Crippen molar-refractivity contribution in [3.8, 4) is 5.75 Å². The molecular formula is C35H41NO5. The predicted molar refractivity (Wildman–Crippen MR) is 163 cm³/mol. The zero-order chi connectivity index (χ0) is 29.2. The number of esters is 1. The first kappa shape index (κ1) is 30.1. The molecule has 3 aromatic carbocycles. The lowest BCUT2D eigenvalue weighted by molar-refractivity contribution is -0.143. The van der Waals surface area contributed by atoms with Crippen LogP contribution in [0, 0.1) is 5.92 Å². The molecule has 4 aromatic rings. The van der Waals surface area contributed by atoms with Crippen LogP contribution in [0.3, 0.4) is 0 Å². The van der Waals surface area contributed by atoms with Gasteiger partial charge in [0.1, 0.15) is 18.5 Å². The summed E-state index contributed by atoms with van der Waals surface area (Å²) in [6.45, 7) is 10.2. The number of benzene rings is 3. The number of hydrogen-bond acceptors (Lipinski definition) is 5. The second kappa shape index (κ2) is 14.6. The monoisotopic (exact) mass is 555 g/mol. The van der Waals surface area contributed by atoms with Crippen LogP contribution >= 0.6 is 0 Å². The summed E-state index contributed by atoms with van der Waals surface area (Å²) in [5.74, 6) is 1.05. The number of para-hydroxylation sites is 1. The lowest BCUT2D eigenvalue weighted by atomic mass is 10.0. The van der Waals surface area contributed by atoms with Crippen molar-refractivity contribution in [2.24, 2.45) is 5.92 Å². The minimum atomic E-state index is -0.199. The summed E-state index contributed by atoms with van der Waals surface area (Å²) in [4.78, 5) is 25.3. The maximum Gasteiger partial charge on any atom is 0.305 e. The van der Waals surface area contributed by atoms with Crippen molar-refractivity contribution in [3.05, 3.63) is 101 Å². The summed E-state index contributed by atoms with van der Waals surface area (Å²) in [5.41, 5.74) is 4.61. The molecule has 6 heteroatoms. The molecule has 1 atom stereocenters. The number of rotatable bonds is 15. The van der Waals surface area contributed by atoms with Gasteiger partial charge in [-0.3, -0.25) is 9.59 Å². The van der Waals surface area contributed by atoms with Crippen LogP contribution in [0.15, 0.2) is 79.0 Å². The molecule has 41 heavy (non-hydrogen) atoms. The van der Waals surface area contributed by atoms with Gasteiger partial charge in [-0.25, -0.2) is 0 Å². The van der Waals surface area contributed by atoms with Crippen LogP contribution in [0.25, 0.3) is 10.9 Å². The quantitative estimate of drug-likeness (QED) is 0.112. The predicted octanol–water partition coefficient (Wildman–Crippen LogP) is 7.57. The topological polar surface area (TPSA) is 66.8 Å². The fraction of sp³-hybridized carbons (Fsp3) is 0.371. The van der Waals surface area contributed by atoms with Gasteiger partial charge in [-0.15, -0.1) is 0 Å². The Morgan fingerprint density at radius 1 is 0.878 bits per heavy atom. The molecule has 1 aromatic heterocycles. The van der Waals surface area contributed by atoms with E-state index in [9.17, 15) is 9.59 Å². The molecular weight excluding hydrogens is 514 g/mol. The van der Waals surface area contributed by atoms with Crippen molar-refractivity contribution >= 4 is 22.7 Å². The molecule has 0 N–H and O–H groups in total. The molecule has 0 saturated heterocycles. The third-order valence-electron chi connectivity index (χ3n) is 7.00. The first-order valence-corrected chi connectivity index (χ1v) is 14.6. The van der Waals surface area contributed by atoms with Gasteiger partial charge in [-0.1, -0.05) is 56.3 Å². The lowest BCUT2D eigenvalue weighted by Crippen LogP contribution is -2.14. The molecule has 1 heterocycles. The Morgan fingerprint density at radius 3 is 2.29 bits per heavy atom. The molecule has 0 saturated carbocycles. The molecule has 0 spiro atoms. The molecule has 216 valence electrons. The molecule has 0 amide bonds. The first-order valence-electron chi connectivity index (χ1n) is 14.6. The van der Waals surface area contributed by atoms with E-state index in [0.29, 0.717) is 62.0 Å². The van der Waals surface area contributed by atoms with E-state index in [1.165, 1.54) is 5.56 Å². The van der Waals surface area contributed by atoms with Crippen LogP contribution in [-0.2, 0) is 27.2 Å². The van der Waals surface area contributed by atoms with E-state index in [1.807, 2.05) is 54.1 Å². The number of fused-ring (bicyclic) bond motifs is 1. The Morgan fingerprint density at radius 2 is 1.61 bits per heavy atom. The van der Waals surface area contributed by atoms with E-state index in [2.05, 4.69) is 38.1 Å². The molecule has 0 unspecified atom stereocenters. The van der Waals surface area contributed by atoms with Crippen molar-refractivity contribution < 1.29 is 23.8 Å². The molecule has 0 aliphatic heterocycles. The molecule has 0 radical (unpaired) electrons. The van der Waals surface area contributed by atoms with Gasteiger partial charge in [-0.2, -0.15) is 0 Å². The highest BCUT2D eigenvalue weighted by molar-refractivity contribution is 6.16. The number of ether oxygens (including phenoxy) is 3. The fourth-order valence-electron chi connectivity index (χ4n) is 5.05. The van der Waals surface area contributed by atoms with Gasteiger partial charge in [0.15, 0.2) is 5.78 Å². The second-order valence-electron chi connectivity index (χ2n) is 10.6. The number of carbonyl (C=O) groups excluding carboxylic acids is 2. The number of aryl methyl sites for hydroxylation is 1. The number of aromatic nitrogens is 1. The van der Waals surface area contributed by atoms with E-state index in [-0.39, 0.29) is 17.9 Å². The highest BCUT2D eigenvalue weighted by Crippen LogP contribution is 2.26. The molecule has 0 bridgehead atoms. The van der Waals surface area contributed by atoms with Gasteiger partial charge in [0.2, 0.25) is 0 Å². The number of nitrogens with zero attached hydrogens (tertiary/aromatic N) is 1. The summed E-state index contributed by atoms with van der Waals surface area (Å²) in [7, 11) is 0. The van der Waals surface area contributed by atoms with Gasteiger partial charge in [0.05, 0.1) is 6.61 Å². The molecule has 0 aliphatic carbocycles. The largest absolute Gasteiger partial charge is 0.491 e. The van der Waals surface area contributed by atoms with Crippen LogP contribution in [-0.4, -0.2) is 36.1 Å². The maximum atomic E-state index is 13.5. The maximum absolute atomic E-state index is 13.5. The van der Waals surface area contributed by atoms with Gasteiger partial charge >= 0.3 is 5.97 Å². The molecule has 0 aliphatic rings. The van der Waals surface area contributed by atoms with Crippen LogP contribution in [0.4, 0.5) is 0 Å². The van der Waals surface area contributed by atoms with E-state index in [4.69, 9.17) is 14.2 Å². The third kappa shape index (κ3) is 8.08. The van der Waals surface area contributed by atoms with E-state index >= 15 is 0 Å². The Labute approximate surface area is 243 Å². The van der Waals surface area contributed by atoms with Gasteiger partial charge in [-0.05, 0) is 74.1 Å². The van der Waals surface area contributed by atoms with Crippen molar-refractivity contribution in [2.75, 3.05) is 19.8 Å². The minimum Gasteiger partial charge on any atom is -0.491 e.